The van der Waals surface area contributed by atoms with Gasteiger partial charge in [0.15, 0.2) is 0 Å². The molecule has 0 spiro atoms. The van der Waals surface area contributed by atoms with E-state index in [2.05, 4.69) is 17.7 Å². The van der Waals surface area contributed by atoms with Crippen molar-refractivity contribution in [2.45, 2.75) is 45.1 Å². The predicted octanol–water partition coefficient (Wildman–Crippen LogP) is 2.27. The average Bonchev–Trinajstić information content (AvgIpc) is 2.27. The van der Waals surface area contributed by atoms with Crippen LogP contribution in [0.3, 0.4) is 0 Å². The van der Waals surface area contributed by atoms with Gasteiger partial charge in [0.2, 0.25) is 0 Å². The molecule has 0 aromatic carbocycles. The second-order valence-corrected chi connectivity index (χ2v) is 3.69. The molecule has 1 nitrogen and oxygen atoms in total. The van der Waals surface area contributed by atoms with Gasteiger partial charge in [-0.1, -0.05) is 12.8 Å². The molecule has 68 valence electrons. The largest absolute Gasteiger partial charge is 0.300 e. The van der Waals surface area contributed by atoms with Crippen LogP contribution in [-0.4, -0.2) is 24.0 Å². The third kappa shape index (κ3) is 2.87. The van der Waals surface area contributed by atoms with Crippen LogP contribution in [0.1, 0.15) is 39.0 Å². The monoisotopic (exact) mass is 165 g/mol. The molecule has 12 heavy (non-hydrogen) atoms. The number of likely N-dealkylation sites (tertiary alicyclic amines) is 1. The van der Waals surface area contributed by atoms with Crippen molar-refractivity contribution in [3.05, 3.63) is 0 Å². The Morgan fingerprint density at radius 1 is 1.42 bits per heavy atom. The highest BCUT2D eigenvalue weighted by atomic mass is 15.1. The first kappa shape index (κ1) is 9.61. The summed E-state index contributed by atoms with van der Waals surface area (Å²) < 4.78 is 0. The summed E-state index contributed by atoms with van der Waals surface area (Å²) in [6.07, 6.45) is 11.7. The fourth-order valence-electron chi connectivity index (χ4n) is 1.87. The molecular weight excluding hydrogens is 146 g/mol. The van der Waals surface area contributed by atoms with Crippen molar-refractivity contribution in [3.63, 3.8) is 0 Å². The molecule has 1 fully saturated rings. The van der Waals surface area contributed by atoms with Gasteiger partial charge in [-0.05, 0) is 26.3 Å². The van der Waals surface area contributed by atoms with Gasteiger partial charge in [-0.3, -0.25) is 4.90 Å². The van der Waals surface area contributed by atoms with Crippen LogP contribution in [0.5, 0.6) is 0 Å². The highest BCUT2D eigenvalue weighted by molar-refractivity contribution is 4.86. The maximum Gasteiger partial charge on any atom is 0.0214 e. The lowest BCUT2D eigenvalue weighted by Crippen LogP contribution is -2.33. The van der Waals surface area contributed by atoms with Crippen LogP contribution in [0.15, 0.2) is 0 Å². The van der Waals surface area contributed by atoms with Gasteiger partial charge in [-0.2, -0.15) is 0 Å². The maximum absolute atomic E-state index is 5.25. The number of hydrogen-bond acceptors (Lipinski definition) is 1. The number of hydrogen-bond donors (Lipinski definition) is 0. The van der Waals surface area contributed by atoms with Crippen molar-refractivity contribution < 1.29 is 0 Å². The van der Waals surface area contributed by atoms with Gasteiger partial charge in [0, 0.05) is 19.0 Å². The zero-order chi connectivity index (χ0) is 8.81. The molecule has 0 N–H and O–H groups in total. The van der Waals surface area contributed by atoms with E-state index in [1.165, 1.54) is 32.2 Å². The zero-order valence-electron chi connectivity index (χ0n) is 8.05. The van der Waals surface area contributed by atoms with E-state index < -0.39 is 0 Å². The predicted molar refractivity (Wildman–Crippen MR) is 53.0 cm³/mol. The lowest BCUT2D eigenvalue weighted by molar-refractivity contribution is 0.219. The number of terminal acetylenes is 1. The van der Waals surface area contributed by atoms with E-state index in [1.807, 2.05) is 0 Å². The second-order valence-electron chi connectivity index (χ2n) is 3.69. The fraction of sp³-hybridized carbons (Fsp3) is 0.818. The summed E-state index contributed by atoms with van der Waals surface area (Å²) in [5.74, 6) is 2.71. The summed E-state index contributed by atoms with van der Waals surface area (Å²) in [7, 11) is 0. The maximum atomic E-state index is 5.25. The van der Waals surface area contributed by atoms with Crippen molar-refractivity contribution in [2.24, 2.45) is 0 Å². The van der Waals surface area contributed by atoms with Gasteiger partial charge in [0.1, 0.15) is 0 Å². The average molecular weight is 165 g/mol. The van der Waals surface area contributed by atoms with E-state index in [0.29, 0.717) is 0 Å². The van der Waals surface area contributed by atoms with Gasteiger partial charge in [0.25, 0.3) is 0 Å². The molecule has 1 heteroatoms. The smallest absolute Gasteiger partial charge is 0.0214 e. The molecule has 1 aliphatic rings. The Hall–Kier alpha value is -0.480. The first-order chi connectivity index (χ1) is 5.84. The molecule has 1 aliphatic heterocycles. The van der Waals surface area contributed by atoms with E-state index in [4.69, 9.17) is 6.42 Å². The SMILES string of the molecule is C#CCCN1CCCCCC1C. The molecule has 0 aliphatic carbocycles. The Kier molecular flexibility index (Phi) is 4.18. The van der Waals surface area contributed by atoms with Crippen LogP contribution >= 0.6 is 0 Å². The molecule has 1 unspecified atom stereocenters. The lowest BCUT2D eigenvalue weighted by atomic mass is 10.1. The minimum absolute atomic E-state index is 0.751. The molecule has 1 saturated heterocycles. The third-order valence-electron chi connectivity index (χ3n) is 2.73. The normalized spacial score (nSPS) is 26.2. The highest BCUT2D eigenvalue weighted by Gasteiger charge is 2.15. The van der Waals surface area contributed by atoms with Crippen LogP contribution in [0.4, 0.5) is 0 Å². The van der Waals surface area contributed by atoms with Crippen molar-refractivity contribution in [1.82, 2.24) is 4.90 Å². The third-order valence-corrected chi connectivity index (χ3v) is 2.73. The zero-order valence-corrected chi connectivity index (χ0v) is 8.05. The summed E-state index contributed by atoms with van der Waals surface area (Å²) in [6.45, 7) is 4.67. The van der Waals surface area contributed by atoms with Crippen LogP contribution in [-0.2, 0) is 0 Å². The Labute approximate surface area is 76.1 Å². The van der Waals surface area contributed by atoms with Crippen molar-refractivity contribution >= 4 is 0 Å². The molecule has 1 rings (SSSR count). The van der Waals surface area contributed by atoms with Crippen molar-refractivity contribution in [2.75, 3.05) is 13.1 Å². The van der Waals surface area contributed by atoms with E-state index in [-0.39, 0.29) is 0 Å². The molecule has 0 radical (unpaired) electrons. The summed E-state index contributed by atoms with van der Waals surface area (Å²) in [4.78, 5) is 2.53. The highest BCUT2D eigenvalue weighted by Crippen LogP contribution is 2.15. The van der Waals surface area contributed by atoms with E-state index in [1.54, 1.807) is 0 Å². The molecular formula is C11H19N. The number of nitrogens with zero attached hydrogens (tertiary/aromatic N) is 1. The van der Waals surface area contributed by atoms with Gasteiger partial charge < -0.3 is 0 Å². The molecule has 0 aromatic rings. The van der Waals surface area contributed by atoms with Crippen LogP contribution in [0.25, 0.3) is 0 Å². The Balaban J connectivity index is 2.32. The minimum atomic E-state index is 0.751. The molecule has 1 atom stereocenters. The topological polar surface area (TPSA) is 3.24 Å². The van der Waals surface area contributed by atoms with Crippen LogP contribution < -0.4 is 0 Å². The summed E-state index contributed by atoms with van der Waals surface area (Å²) in [6, 6.07) is 0.751. The van der Waals surface area contributed by atoms with Crippen molar-refractivity contribution in [3.8, 4) is 12.3 Å². The quantitative estimate of drug-likeness (QED) is 0.567. The summed E-state index contributed by atoms with van der Waals surface area (Å²) in [5.41, 5.74) is 0. The van der Waals surface area contributed by atoms with Gasteiger partial charge in [-0.25, -0.2) is 0 Å². The molecule has 0 amide bonds. The van der Waals surface area contributed by atoms with Crippen LogP contribution in [0, 0.1) is 12.3 Å². The summed E-state index contributed by atoms with van der Waals surface area (Å²) in [5, 5.41) is 0. The van der Waals surface area contributed by atoms with Gasteiger partial charge in [0.05, 0.1) is 0 Å². The van der Waals surface area contributed by atoms with Crippen LogP contribution in [0.2, 0.25) is 0 Å². The van der Waals surface area contributed by atoms with E-state index in [0.717, 1.165) is 19.0 Å². The number of rotatable bonds is 2. The standard InChI is InChI=1S/C11H19N/c1-3-4-9-12-10-7-5-6-8-11(12)2/h1,11H,4-10H2,2H3. The van der Waals surface area contributed by atoms with Gasteiger partial charge >= 0.3 is 0 Å². The molecule has 0 bridgehead atoms. The first-order valence-corrected chi connectivity index (χ1v) is 5.02. The Morgan fingerprint density at radius 2 is 2.25 bits per heavy atom. The van der Waals surface area contributed by atoms with Crippen molar-refractivity contribution in [1.29, 1.82) is 0 Å². The molecule has 0 aromatic heterocycles. The first-order valence-electron chi connectivity index (χ1n) is 5.02. The van der Waals surface area contributed by atoms with E-state index >= 15 is 0 Å². The molecule has 1 heterocycles. The molecule has 0 saturated carbocycles. The Morgan fingerprint density at radius 3 is 3.00 bits per heavy atom. The Bertz CT molecular complexity index is 157. The van der Waals surface area contributed by atoms with Gasteiger partial charge in [-0.15, -0.1) is 12.3 Å². The minimum Gasteiger partial charge on any atom is -0.300 e. The second kappa shape index (κ2) is 5.22. The fourth-order valence-corrected chi connectivity index (χ4v) is 1.87. The lowest BCUT2D eigenvalue weighted by Gasteiger charge is -2.25. The summed E-state index contributed by atoms with van der Waals surface area (Å²) >= 11 is 0. The van der Waals surface area contributed by atoms with E-state index in [9.17, 15) is 0 Å².